The smallest absolute Gasteiger partial charge is 0.0916 e. The molecule has 0 saturated heterocycles. The van der Waals surface area contributed by atoms with Crippen LogP contribution in [-0.4, -0.2) is 17.3 Å². The highest BCUT2D eigenvalue weighted by atomic mass is 32.2. The van der Waals surface area contributed by atoms with E-state index in [2.05, 4.69) is 4.98 Å². The predicted molar refractivity (Wildman–Crippen MR) is 40.5 cm³/mol. The van der Waals surface area contributed by atoms with Crippen molar-refractivity contribution in [2.45, 2.75) is 4.90 Å². The van der Waals surface area contributed by atoms with Crippen LogP contribution in [0, 0.1) is 0 Å². The molecule has 10 heavy (non-hydrogen) atoms. The third kappa shape index (κ3) is 2.37. The first kappa shape index (κ1) is 7.57. The van der Waals surface area contributed by atoms with Gasteiger partial charge in [0.2, 0.25) is 0 Å². The van der Waals surface area contributed by atoms with Crippen LogP contribution >= 0.6 is 11.8 Å². The third-order valence-electron chi connectivity index (χ3n) is 0.986. The maximum Gasteiger partial charge on any atom is 0.0916 e. The van der Waals surface area contributed by atoms with Crippen LogP contribution in [0.15, 0.2) is 29.4 Å². The van der Waals surface area contributed by atoms with Crippen LogP contribution in [0.25, 0.3) is 0 Å². The van der Waals surface area contributed by atoms with Crippen LogP contribution < -0.4 is 0 Å². The molecule has 2 nitrogen and oxygen atoms in total. The first-order chi connectivity index (χ1) is 4.93. The van der Waals surface area contributed by atoms with Gasteiger partial charge in [-0.05, 0) is 12.1 Å². The highest BCUT2D eigenvalue weighted by Gasteiger charge is 1.89. The van der Waals surface area contributed by atoms with Crippen molar-refractivity contribution in [2.24, 2.45) is 0 Å². The Morgan fingerprint density at radius 3 is 3.10 bits per heavy atom. The lowest BCUT2D eigenvalue weighted by Crippen LogP contribution is -1.83. The fraction of sp³-hybridized carbons (Fsp3) is 0.286. The summed E-state index contributed by atoms with van der Waals surface area (Å²) in [6.07, 6.45) is 3.49. The lowest BCUT2D eigenvalue weighted by Gasteiger charge is -1.94. The monoisotopic (exact) mass is 154 g/mol. The van der Waals surface area contributed by atoms with Gasteiger partial charge in [0, 0.05) is 23.0 Å². The van der Waals surface area contributed by atoms with Gasteiger partial charge in [0.05, 0.1) is 6.61 Å². The zero-order chi connectivity index (χ0) is 7.23. The van der Waals surface area contributed by atoms with Crippen molar-refractivity contribution in [2.75, 3.05) is 12.4 Å². The summed E-state index contributed by atoms with van der Waals surface area (Å²) in [5.74, 6) is 0.631. The molecule has 1 rings (SSSR count). The van der Waals surface area contributed by atoms with Crippen LogP contribution in [0.1, 0.15) is 0 Å². The van der Waals surface area contributed by atoms with E-state index in [1.54, 1.807) is 24.2 Å². The predicted octanol–water partition coefficient (Wildman–Crippen LogP) is 1.60. The second kappa shape index (κ2) is 4.30. The normalized spacial score (nSPS) is 9.70. The number of hydrogen-bond donors (Lipinski definition) is 0. The number of pyridine rings is 1. The van der Waals surface area contributed by atoms with Gasteiger partial charge >= 0.3 is 0 Å². The van der Waals surface area contributed by atoms with Crippen molar-refractivity contribution in [3.8, 4) is 0 Å². The molecule has 0 atom stereocenters. The molecule has 0 N–H and O–H groups in total. The SMILES string of the molecule is [O]CCSc1cccnc1. The van der Waals surface area contributed by atoms with Gasteiger partial charge in [-0.1, -0.05) is 0 Å². The minimum absolute atomic E-state index is 0.0282. The summed E-state index contributed by atoms with van der Waals surface area (Å²) in [6, 6.07) is 3.82. The van der Waals surface area contributed by atoms with E-state index in [-0.39, 0.29) is 6.61 Å². The van der Waals surface area contributed by atoms with Gasteiger partial charge in [-0.3, -0.25) is 4.98 Å². The molecule has 53 valence electrons. The Kier molecular flexibility index (Phi) is 3.26. The summed E-state index contributed by atoms with van der Waals surface area (Å²) in [5, 5.41) is 10.1. The molecule has 0 saturated carbocycles. The zero-order valence-corrected chi connectivity index (χ0v) is 6.30. The molecule has 3 heteroatoms. The summed E-state index contributed by atoms with van der Waals surface area (Å²) < 4.78 is 0. The number of rotatable bonds is 3. The standard InChI is InChI=1S/C7H8NOS/c9-4-5-10-7-2-1-3-8-6-7/h1-3,6H,4-5H2. The molecular formula is C7H8NOS. The van der Waals surface area contributed by atoms with Crippen molar-refractivity contribution in [1.82, 2.24) is 4.98 Å². The van der Waals surface area contributed by atoms with Crippen molar-refractivity contribution < 1.29 is 5.11 Å². The Labute approximate surface area is 64.3 Å². The molecule has 0 aliphatic carbocycles. The fourth-order valence-electron chi connectivity index (χ4n) is 0.592. The quantitative estimate of drug-likeness (QED) is 0.619. The van der Waals surface area contributed by atoms with E-state index in [0.717, 1.165) is 4.90 Å². The zero-order valence-electron chi connectivity index (χ0n) is 5.49. The second-order valence-electron chi connectivity index (χ2n) is 1.74. The van der Waals surface area contributed by atoms with Crippen LogP contribution in [0.5, 0.6) is 0 Å². The maximum atomic E-state index is 10.1. The second-order valence-corrected chi connectivity index (χ2v) is 2.91. The Morgan fingerprint density at radius 2 is 2.50 bits per heavy atom. The van der Waals surface area contributed by atoms with E-state index in [9.17, 15) is 5.11 Å². The van der Waals surface area contributed by atoms with E-state index in [1.165, 1.54) is 0 Å². The first-order valence-corrected chi connectivity index (χ1v) is 4.03. The molecule has 0 amide bonds. The summed E-state index contributed by atoms with van der Waals surface area (Å²) in [5.41, 5.74) is 0. The maximum absolute atomic E-state index is 10.1. The number of thioether (sulfide) groups is 1. The molecule has 0 fully saturated rings. The van der Waals surface area contributed by atoms with Gasteiger partial charge in [0.25, 0.3) is 0 Å². The number of hydrogen-bond acceptors (Lipinski definition) is 2. The van der Waals surface area contributed by atoms with Gasteiger partial charge in [-0.2, -0.15) is 0 Å². The molecule has 1 heterocycles. The minimum Gasteiger partial charge on any atom is -0.264 e. The molecule has 0 aromatic carbocycles. The van der Waals surface area contributed by atoms with Gasteiger partial charge in [0.1, 0.15) is 0 Å². The topological polar surface area (TPSA) is 32.8 Å². The molecular weight excluding hydrogens is 146 g/mol. The largest absolute Gasteiger partial charge is 0.264 e. The first-order valence-electron chi connectivity index (χ1n) is 3.04. The van der Waals surface area contributed by atoms with Gasteiger partial charge in [0.15, 0.2) is 0 Å². The van der Waals surface area contributed by atoms with Crippen LogP contribution in [0.3, 0.4) is 0 Å². The van der Waals surface area contributed by atoms with Crippen LogP contribution in [0.4, 0.5) is 0 Å². The number of nitrogens with zero attached hydrogens (tertiary/aromatic N) is 1. The molecule has 0 spiro atoms. The van der Waals surface area contributed by atoms with Crippen molar-refractivity contribution in [3.05, 3.63) is 24.5 Å². The van der Waals surface area contributed by atoms with Crippen molar-refractivity contribution >= 4 is 11.8 Å². The highest BCUT2D eigenvalue weighted by Crippen LogP contribution is 2.14. The van der Waals surface area contributed by atoms with Gasteiger partial charge in [-0.15, -0.1) is 11.8 Å². The van der Waals surface area contributed by atoms with E-state index in [1.807, 2.05) is 12.1 Å². The summed E-state index contributed by atoms with van der Waals surface area (Å²) >= 11 is 1.55. The van der Waals surface area contributed by atoms with E-state index in [4.69, 9.17) is 0 Å². The lowest BCUT2D eigenvalue weighted by molar-refractivity contribution is 0.215. The van der Waals surface area contributed by atoms with Gasteiger partial charge in [-0.25, -0.2) is 5.11 Å². The van der Waals surface area contributed by atoms with Crippen molar-refractivity contribution in [1.29, 1.82) is 0 Å². The van der Waals surface area contributed by atoms with Crippen molar-refractivity contribution in [3.63, 3.8) is 0 Å². The van der Waals surface area contributed by atoms with E-state index in [0.29, 0.717) is 5.75 Å². The average Bonchev–Trinajstić information content (AvgIpc) is 2.03. The molecule has 0 unspecified atom stereocenters. The Balaban J connectivity index is 2.43. The molecule has 0 aliphatic rings. The van der Waals surface area contributed by atoms with E-state index < -0.39 is 0 Å². The average molecular weight is 154 g/mol. The Morgan fingerprint density at radius 1 is 1.60 bits per heavy atom. The Bertz CT molecular complexity index is 178. The minimum atomic E-state index is -0.0282. The van der Waals surface area contributed by atoms with E-state index >= 15 is 0 Å². The lowest BCUT2D eigenvalue weighted by atomic mass is 10.5. The van der Waals surface area contributed by atoms with Gasteiger partial charge < -0.3 is 0 Å². The molecule has 1 aromatic rings. The number of aromatic nitrogens is 1. The summed E-state index contributed by atoms with van der Waals surface area (Å²) in [7, 11) is 0. The highest BCUT2D eigenvalue weighted by molar-refractivity contribution is 7.99. The summed E-state index contributed by atoms with van der Waals surface area (Å²) in [6.45, 7) is -0.0282. The van der Waals surface area contributed by atoms with Crippen LogP contribution in [0.2, 0.25) is 0 Å². The molecule has 0 aliphatic heterocycles. The summed E-state index contributed by atoms with van der Waals surface area (Å²) in [4.78, 5) is 4.98. The fourth-order valence-corrected chi connectivity index (χ4v) is 1.22. The molecule has 1 radical (unpaired) electrons. The third-order valence-corrected chi connectivity index (χ3v) is 1.93. The Hall–Kier alpha value is -0.540. The van der Waals surface area contributed by atoms with Crippen LogP contribution in [-0.2, 0) is 5.11 Å². The molecule has 0 bridgehead atoms. The molecule has 1 aromatic heterocycles.